The third-order valence-electron chi connectivity index (χ3n) is 6.44. The third kappa shape index (κ3) is 5.60. The van der Waals surface area contributed by atoms with Crippen LogP contribution in [0.3, 0.4) is 0 Å². The van der Waals surface area contributed by atoms with Crippen LogP contribution in [0, 0.1) is 23.2 Å². The first kappa shape index (κ1) is 21.8. The third-order valence-corrected chi connectivity index (χ3v) is 7.65. The van der Waals surface area contributed by atoms with Crippen LogP contribution in [-0.4, -0.2) is 17.0 Å². The molecule has 1 heterocycles. The number of thiophene rings is 1. The quantitative estimate of drug-likeness (QED) is 0.664. The summed E-state index contributed by atoms with van der Waals surface area (Å²) in [4.78, 5) is 25.7. The maximum absolute atomic E-state index is 12.9. The molecule has 1 aromatic rings. The second kappa shape index (κ2) is 10.8. The highest BCUT2D eigenvalue weighted by molar-refractivity contribution is 7.16. The Balaban J connectivity index is 1.79. The van der Waals surface area contributed by atoms with Gasteiger partial charge in [0.25, 0.3) is 0 Å². The van der Waals surface area contributed by atoms with Gasteiger partial charge in [-0.05, 0) is 44.1 Å². The highest BCUT2D eigenvalue weighted by Crippen LogP contribution is 2.37. The van der Waals surface area contributed by atoms with Crippen LogP contribution >= 0.6 is 11.3 Å². The van der Waals surface area contributed by atoms with E-state index in [1.54, 1.807) is 0 Å². The van der Waals surface area contributed by atoms with Crippen LogP contribution in [-0.2, 0) is 22.4 Å². The molecule has 1 amide bonds. The molecule has 2 aliphatic carbocycles. The first-order valence-corrected chi connectivity index (χ1v) is 12.0. The van der Waals surface area contributed by atoms with Crippen molar-refractivity contribution < 1.29 is 14.7 Å². The lowest BCUT2D eigenvalue weighted by Crippen LogP contribution is -2.36. The SMILES string of the molecule is N#Cc1c(NC(=O)[C@@H]2CCCC[C@H]2C(=O)O)sc2c1CCCCCCCCCC2. The van der Waals surface area contributed by atoms with E-state index < -0.39 is 17.8 Å². The first-order chi connectivity index (χ1) is 14.1. The molecule has 1 aromatic heterocycles. The second-order valence-corrected chi connectivity index (χ2v) is 9.58. The van der Waals surface area contributed by atoms with Gasteiger partial charge in [-0.15, -0.1) is 11.3 Å². The van der Waals surface area contributed by atoms with E-state index >= 15 is 0 Å². The highest BCUT2D eigenvalue weighted by atomic mass is 32.1. The number of aryl methyl sites for hydroxylation is 1. The molecule has 0 spiro atoms. The molecule has 2 N–H and O–H groups in total. The smallest absolute Gasteiger partial charge is 0.307 e. The van der Waals surface area contributed by atoms with Gasteiger partial charge >= 0.3 is 5.97 Å². The largest absolute Gasteiger partial charge is 0.481 e. The molecule has 158 valence electrons. The minimum atomic E-state index is -0.886. The van der Waals surface area contributed by atoms with Crippen molar-refractivity contribution in [2.75, 3.05) is 5.32 Å². The monoisotopic (exact) mass is 416 g/mol. The zero-order valence-corrected chi connectivity index (χ0v) is 18.0. The van der Waals surface area contributed by atoms with E-state index in [0.717, 1.165) is 44.1 Å². The fraction of sp³-hybridized carbons (Fsp3) is 0.696. The van der Waals surface area contributed by atoms with Gasteiger partial charge in [0.05, 0.1) is 17.4 Å². The van der Waals surface area contributed by atoms with Gasteiger partial charge in [-0.2, -0.15) is 5.26 Å². The summed E-state index contributed by atoms with van der Waals surface area (Å²) in [6.45, 7) is 0. The molecule has 0 unspecified atom stereocenters. The highest BCUT2D eigenvalue weighted by Gasteiger charge is 2.36. The summed E-state index contributed by atoms with van der Waals surface area (Å²) in [7, 11) is 0. The lowest BCUT2D eigenvalue weighted by molar-refractivity contribution is -0.147. The molecular weight excluding hydrogens is 384 g/mol. The van der Waals surface area contributed by atoms with E-state index in [1.807, 2.05) is 0 Å². The molecule has 6 heteroatoms. The zero-order valence-electron chi connectivity index (χ0n) is 17.2. The van der Waals surface area contributed by atoms with E-state index in [9.17, 15) is 20.0 Å². The Bertz CT molecular complexity index is 765. The Morgan fingerprint density at radius 3 is 2.10 bits per heavy atom. The molecule has 0 saturated heterocycles. The number of carboxylic acid groups (broad SMARTS) is 1. The fourth-order valence-corrected chi connectivity index (χ4v) is 6.02. The number of nitrogens with one attached hydrogen (secondary N) is 1. The molecule has 1 saturated carbocycles. The van der Waals surface area contributed by atoms with Gasteiger partial charge in [0.15, 0.2) is 0 Å². The van der Waals surface area contributed by atoms with E-state index in [1.165, 1.54) is 54.7 Å². The van der Waals surface area contributed by atoms with Crippen LogP contribution in [0.15, 0.2) is 0 Å². The van der Waals surface area contributed by atoms with Gasteiger partial charge in [0.2, 0.25) is 5.91 Å². The van der Waals surface area contributed by atoms with Crippen LogP contribution in [0.1, 0.15) is 93.1 Å². The van der Waals surface area contributed by atoms with Gasteiger partial charge in [-0.25, -0.2) is 0 Å². The number of aliphatic carboxylic acids is 1. The van der Waals surface area contributed by atoms with Crippen LogP contribution in [0.4, 0.5) is 5.00 Å². The van der Waals surface area contributed by atoms with Crippen LogP contribution < -0.4 is 5.32 Å². The van der Waals surface area contributed by atoms with Gasteiger partial charge in [-0.1, -0.05) is 51.4 Å². The summed E-state index contributed by atoms with van der Waals surface area (Å²) in [6, 6.07) is 2.34. The number of nitriles is 1. The van der Waals surface area contributed by atoms with Crippen molar-refractivity contribution in [3.8, 4) is 6.07 Å². The van der Waals surface area contributed by atoms with Crippen LogP contribution in [0.25, 0.3) is 0 Å². The predicted octanol–water partition coefficient (Wildman–Crippen LogP) is 5.67. The van der Waals surface area contributed by atoms with E-state index in [4.69, 9.17) is 0 Å². The molecule has 3 rings (SSSR count). The topological polar surface area (TPSA) is 90.2 Å². The average Bonchev–Trinajstić information content (AvgIpc) is 3.03. The van der Waals surface area contributed by atoms with Crippen molar-refractivity contribution in [2.24, 2.45) is 11.8 Å². The molecule has 2 aliphatic rings. The molecule has 2 atom stereocenters. The van der Waals surface area contributed by atoms with Gasteiger partial charge in [0, 0.05) is 4.88 Å². The Morgan fingerprint density at radius 2 is 1.48 bits per heavy atom. The second-order valence-electron chi connectivity index (χ2n) is 8.47. The van der Waals surface area contributed by atoms with Gasteiger partial charge < -0.3 is 10.4 Å². The number of hydrogen-bond acceptors (Lipinski definition) is 4. The summed E-state index contributed by atoms with van der Waals surface area (Å²) in [5, 5.41) is 22.9. The minimum absolute atomic E-state index is 0.231. The van der Waals surface area contributed by atoms with Crippen molar-refractivity contribution in [2.45, 2.75) is 89.9 Å². The van der Waals surface area contributed by atoms with Crippen molar-refractivity contribution >= 4 is 28.2 Å². The number of rotatable bonds is 3. The summed E-state index contributed by atoms with van der Waals surface area (Å²) in [6.07, 6.45) is 14.5. The maximum Gasteiger partial charge on any atom is 0.307 e. The Kier molecular flexibility index (Phi) is 8.11. The molecule has 0 aromatic carbocycles. The molecular formula is C23H32N2O3S. The van der Waals surface area contributed by atoms with E-state index in [0.29, 0.717) is 23.4 Å². The number of carboxylic acids is 1. The summed E-state index contributed by atoms with van der Waals surface area (Å²) < 4.78 is 0. The Morgan fingerprint density at radius 1 is 0.897 bits per heavy atom. The summed E-state index contributed by atoms with van der Waals surface area (Å²) in [5.41, 5.74) is 1.73. The minimum Gasteiger partial charge on any atom is -0.481 e. The lowest BCUT2D eigenvalue weighted by atomic mass is 9.79. The predicted molar refractivity (Wildman–Crippen MR) is 115 cm³/mol. The number of fused-ring (bicyclic) bond motifs is 1. The van der Waals surface area contributed by atoms with Crippen molar-refractivity contribution in [1.82, 2.24) is 0 Å². The number of carbonyl (C=O) groups excluding carboxylic acids is 1. The van der Waals surface area contributed by atoms with Crippen LogP contribution in [0.2, 0.25) is 0 Å². The first-order valence-electron chi connectivity index (χ1n) is 11.2. The Labute approximate surface area is 177 Å². The molecule has 0 aliphatic heterocycles. The Hall–Kier alpha value is -1.87. The van der Waals surface area contributed by atoms with Crippen molar-refractivity contribution in [1.29, 1.82) is 5.26 Å². The molecule has 5 nitrogen and oxygen atoms in total. The molecule has 1 fully saturated rings. The number of nitrogens with zero attached hydrogens (tertiary/aromatic N) is 1. The molecule has 0 bridgehead atoms. The number of anilines is 1. The van der Waals surface area contributed by atoms with Crippen molar-refractivity contribution in [3.05, 3.63) is 16.0 Å². The van der Waals surface area contributed by atoms with E-state index in [-0.39, 0.29) is 5.91 Å². The fourth-order valence-electron chi connectivity index (χ4n) is 4.78. The number of hydrogen-bond donors (Lipinski definition) is 2. The zero-order chi connectivity index (χ0) is 20.6. The van der Waals surface area contributed by atoms with Gasteiger partial charge in [-0.3, -0.25) is 9.59 Å². The van der Waals surface area contributed by atoms with Crippen LogP contribution in [0.5, 0.6) is 0 Å². The molecule has 29 heavy (non-hydrogen) atoms. The number of carbonyl (C=O) groups is 2. The normalized spacial score (nSPS) is 23.7. The van der Waals surface area contributed by atoms with Gasteiger partial charge in [0.1, 0.15) is 11.1 Å². The summed E-state index contributed by atoms with van der Waals surface area (Å²) in [5.74, 6) is -2.24. The molecule has 0 radical (unpaired) electrons. The maximum atomic E-state index is 12.9. The standard InChI is InChI=1S/C23H32N2O3S/c24-15-19-16-11-7-5-3-1-2-4-6-8-14-20(16)29-22(19)25-21(26)17-12-9-10-13-18(17)23(27)28/h17-18H,1-14H2,(H,25,26)(H,27,28)/t17-,18-/m1/s1. The van der Waals surface area contributed by atoms with Crippen molar-refractivity contribution in [3.63, 3.8) is 0 Å². The lowest BCUT2D eigenvalue weighted by Gasteiger charge is -2.27. The summed E-state index contributed by atoms with van der Waals surface area (Å²) >= 11 is 1.54. The number of amides is 1. The van der Waals surface area contributed by atoms with E-state index in [2.05, 4.69) is 11.4 Å². The average molecular weight is 417 g/mol.